The first-order valence-electron chi connectivity index (χ1n) is 7.79. The second kappa shape index (κ2) is 8.27. The molecule has 0 fully saturated rings. The molecule has 0 unspecified atom stereocenters. The molecule has 0 spiro atoms. The fraction of sp³-hybridized carbons (Fsp3) is 0.316. The van der Waals surface area contributed by atoms with Gasteiger partial charge in [0.05, 0.1) is 6.54 Å². The minimum Gasteiger partial charge on any atom is -0.325 e. The van der Waals surface area contributed by atoms with Gasteiger partial charge in [0.25, 0.3) is 0 Å². The normalized spacial score (nSPS) is 11.0. The Morgan fingerprint density at radius 1 is 1.17 bits per heavy atom. The van der Waals surface area contributed by atoms with Gasteiger partial charge >= 0.3 is 0 Å². The molecule has 122 valence electrons. The number of carbonyl (C=O) groups is 1. The topological polar surface area (TPSA) is 32.3 Å². The number of aryl methyl sites for hydroxylation is 1. The summed E-state index contributed by atoms with van der Waals surface area (Å²) in [5.74, 6) is 0.0139. The molecule has 2 aromatic rings. The maximum absolute atomic E-state index is 12.4. The van der Waals surface area contributed by atoms with Crippen molar-refractivity contribution in [2.24, 2.45) is 0 Å². The van der Waals surface area contributed by atoms with E-state index in [1.54, 1.807) is 0 Å². The third-order valence-corrected chi connectivity index (χ3v) is 4.26. The van der Waals surface area contributed by atoms with E-state index < -0.39 is 0 Å². The summed E-state index contributed by atoms with van der Waals surface area (Å²) in [6.07, 6.45) is 0. The van der Waals surface area contributed by atoms with Gasteiger partial charge in [0.15, 0.2) is 0 Å². The number of rotatable bonds is 6. The van der Waals surface area contributed by atoms with Gasteiger partial charge < -0.3 is 5.32 Å². The van der Waals surface area contributed by atoms with E-state index in [4.69, 9.17) is 0 Å². The Bertz CT molecular complexity index is 656. The predicted octanol–water partition coefficient (Wildman–Crippen LogP) is 4.61. The number of nitrogens with one attached hydrogen (secondary N) is 1. The van der Waals surface area contributed by atoms with Crippen molar-refractivity contribution < 1.29 is 4.79 Å². The van der Waals surface area contributed by atoms with Crippen LogP contribution >= 0.6 is 15.9 Å². The number of hydrogen-bond donors (Lipinski definition) is 1. The number of carbonyl (C=O) groups excluding carboxylic acids is 1. The van der Waals surface area contributed by atoms with Gasteiger partial charge in [-0.3, -0.25) is 9.69 Å². The maximum atomic E-state index is 12.4. The van der Waals surface area contributed by atoms with Gasteiger partial charge in [-0.25, -0.2) is 0 Å². The van der Waals surface area contributed by atoms with Gasteiger partial charge in [-0.05, 0) is 50.1 Å². The monoisotopic (exact) mass is 374 g/mol. The lowest BCUT2D eigenvalue weighted by molar-refractivity contribution is -0.117. The highest BCUT2D eigenvalue weighted by Gasteiger charge is 2.15. The molecular formula is C19H23BrN2O. The first-order valence-corrected chi connectivity index (χ1v) is 8.59. The summed E-state index contributed by atoms with van der Waals surface area (Å²) in [4.78, 5) is 14.6. The van der Waals surface area contributed by atoms with Crippen LogP contribution in [0.1, 0.15) is 25.0 Å². The van der Waals surface area contributed by atoms with E-state index in [0.717, 1.165) is 22.3 Å². The fourth-order valence-corrected chi connectivity index (χ4v) is 2.86. The van der Waals surface area contributed by atoms with Crippen molar-refractivity contribution >= 4 is 27.5 Å². The zero-order valence-corrected chi connectivity index (χ0v) is 15.4. The third kappa shape index (κ3) is 5.48. The van der Waals surface area contributed by atoms with Crippen molar-refractivity contribution in [3.8, 4) is 0 Å². The summed E-state index contributed by atoms with van der Waals surface area (Å²) in [5.41, 5.74) is 3.13. The minimum absolute atomic E-state index is 0.0139. The van der Waals surface area contributed by atoms with Crippen molar-refractivity contribution in [1.82, 2.24) is 4.90 Å². The Morgan fingerprint density at radius 3 is 2.48 bits per heavy atom. The molecule has 2 rings (SSSR count). The summed E-state index contributed by atoms with van der Waals surface area (Å²) in [5, 5.41) is 3.01. The van der Waals surface area contributed by atoms with E-state index in [1.807, 2.05) is 43.3 Å². The van der Waals surface area contributed by atoms with E-state index in [0.29, 0.717) is 12.6 Å². The van der Waals surface area contributed by atoms with Crippen molar-refractivity contribution in [2.45, 2.75) is 33.4 Å². The Morgan fingerprint density at radius 2 is 1.87 bits per heavy atom. The number of nitrogens with zero attached hydrogens (tertiary/aromatic N) is 1. The van der Waals surface area contributed by atoms with Crippen molar-refractivity contribution in [1.29, 1.82) is 0 Å². The Labute approximate surface area is 146 Å². The molecule has 0 bridgehead atoms. The van der Waals surface area contributed by atoms with Gasteiger partial charge in [0.1, 0.15) is 0 Å². The standard InChI is InChI=1S/C19H23BrN2O/c1-14(2)22(12-16-7-5-4-6-8-16)13-19(23)21-18-10-9-17(20)11-15(18)3/h4-11,14H,12-13H2,1-3H3,(H,21,23). The first kappa shape index (κ1) is 17.7. The molecule has 1 N–H and O–H groups in total. The summed E-state index contributed by atoms with van der Waals surface area (Å²) < 4.78 is 1.01. The van der Waals surface area contributed by atoms with Crippen molar-refractivity contribution in [3.63, 3.8) is 0 Å². The SMILES string of the molecule is Cc1cc(Br)ccc1NC(=O)CN(Cc1ccccc1)C(C)C. The fourth-order valence-electron chi connectivity index (χ4n) is 2.38. The van der Waals surface area contributed by atoms with Crippen LogP contribution in [0, 0.1) is 6.92 Å². The second-order valence-electron chi connectivity index (χ2n) is 5.99. The van der Waals surface area contributed by atoms with Gasteiger partial charge in [-0.1, -0.05) is 46.3 Å². The van der Waals surface area contributed by atoms with E-state index in [9.17, 15) is 4.79 Å². The van der Waals surface area contributed by atoms with Crippen LogP contribution in [0.25, 0.3) is 0 Å². The summed E-state index contributed by atoms with van der Waals surface area (Å²) in [6, 6.07) is 16.4. The molecule has 1 amide bonds. The number of amides is 1. The summed E-state index contributed by atoms with van der Waals surface area (Å²) in [6.45, 7) is 7.36. The molecule has 0 saturated carbocycles. The highest BCUT2D eigenvalue weighted by atomic mass is 79.9. The van der Waals surface area contributed by atoms with Crippen LogP contribution in [0.3, 0.4) is 0 Å². The molecule has 0 radical (unpaired) electrons. The lowest BCUT2D eigenvalue weighted by atomic mass is 10.2. The number of hydrogen-bond acceptors (Lipinski definition) is 2. The molecule has 23 heavy (non-hydrogen) atoms. The minimum atomic E-state index is 0.0139. The zero-order chi connectivity index (χ0) is 16.8. The molecule has 2 aromatic carbocycles. The smallest absolute Gasteiger partial charge is 0.238 e. The van der Waals surface area contributed by atoms with Crippen LogP contribution in [0.5, 0.6) is 0 Å². The molecule has 0 aliphatic carbocycles. The van der Waals surface area contributed by atoms with Crippen LogP contribution in [-0.2, 0) is 11.3 Å². The molecule has 0 aliphatic rings. The van der Waals surface area contributed by atoms with Crippen LogP contribution in [0.15, 0.2) is 53.0 Å². The van der Waals surface area contributed by atoms with Gasteiger partial charge in [0.2, 0.25) is 5.91 Å². The van der Waals surface area contributed by atoms with Gasteiger partial charge in [0, 0.05) is 22.7 Å². The number of halogens is 1. The summed E-state index contributed by atoms with van der Waals surface area (Å²) >= 11 is 3.44. The highest BCUT2D eigenvalue weighted by Crippen LogP contribution is 2.20. The van der Waals surface area contributed by atoms with Crippen LogP contribution in [0.2, 0.25) is 0 Å². The Hall–Kier alpha value is -1.65. The molecule has 0 saturated heterocycles. The molecule has 0 aliphatic heterocycles. The average molecular weight is 375 g/mol. The molecular weight excluding hydrogens is 352 g/mol. The van der Waals surface area contributed by atoms with Crippen LogP contribution < -0.4 is 5.32 Å². The van der Waals surface area contributed by atoms with Gasteiger partial charge in [-0.15, -0.1) is 0 Å². The Balaban J connectivity index is 2.00. The summed E-state index contributed by atoms with van der Waals surface area (Å²) in [7, 11) is 0. The lowest BCUT2D eigenvalue weighted by Crippen LogP contribution is -2.37. The predicted molar refractivity (Wildman–Crippen MR) is 99.5 cm³/mol. The first-order chi connectivity index (χ1) is 11.0. The largest absolute Gasteiger partial charge is 0.325 e. The third-order valence-electron chi connectivity index (χ3n) is 3.77. The van der Waals surface area contributed by atoms with Crippen LogP contribution in [-0.4, -0.2) is 23.4 Å². The van der Waals surface area contributed by atoms with Gasteiger partial charge in [-0.2, -0.15) is 0 Å². The maximum Gasteiger partial charge on any atom is 0.238 e. The lowest BCUT2D eigenvalue weighted by Gasteiger charge is -2.26. The molecule has 0 atom stereocenters. The molecule has 0 aromatic heterocycles. The molecule has 4 heteroatoms. The Kier molecular flexibility index (Phi) is 6.37. The highest BCUT2D eigenvalue weighted by molar-refractivity contribution is 9.10. The van der Waals surface area contributed by atoms with E-state index in [2.05, 4.69) is 52.1 Å². The molecule has 0 heterocycles. The van der Waals surface area contributed by atoms with E-state index in [1.165, 1.54) is 5.56 Å². The second-order valence-corrected chi connectivity index (χ2v) is 6.91. The average Bonchev–Trinajstić information content (AvgIpc) is 2.50. The van der Waals surface area contributed by atoms with Crippen molar-refractivity contribution in [3.05, 3.63) is 64.1 Å². The van der Waals surface area contributed by atoms with Crippen LogP contribution in [0.4, 0.5) is 5.69 Å². The quantitative estimate of drug-likeness (QED) is 0.800. The number of benzene rings is 2. The van der Waals surface area contributed by atoms with E-state index >= 15 is 0 Å². The zero-order valence-electron chi connectivity index (χ0n) is 13.8. The molecule has 3 nitrogen and oxygen atoms in total. The number of anilines is 1. The van der Waals surface area contributed by atoms with Crippen molar-refractivity contribution in [2.75, 3.05) is 11.9 Å². The van der Waals surface area contributed by atoms with E-state index in [-0.39, 0.29) is 5.91 Å².